The van der Waals surface area contributed by atoms with Gasteiger partial charge in [-0.1, -0.05) is 30.9 Å². The Bertz CT molecular complexity index is 434. The van der Waals surface area contributed by atoms with Crippen molar-refractivity contribution in [3.8, 4) is 0 Å². The Labute approximate surface area is 94.1 Å². The number of nitrogens with zero attached hydrogens (tertiary/aromatic N) is 3. The van der Waals surface area contributed by atoms with Gasteiger partial charge in [0.25, 0.3) is 0 Å². The maximum Gasteiger partial charge on any atom is 0.234 e. The number of hydrogen-bond donors (Lipinski definition) is 2. The zero-order valence-electron chi connectivity index (χ0n) is 8.80. The van der Waals surface area contributed by atoms with Crippen LogP contribution in [0.4, 0.5) is 0 Å². The summed E-state index contributed by atoms with van der Waals surface area (Å²) in [5.41, 5.74) is 9.68. The molecular weight excluding hydrogens is 202 g/mol. The summed E-state index contributed by atoms with van der Waals surface area (Å²) in [7, 11) is 0. The zero-order valence-corrected chi connectivity index (χ0v) is 8.80. The van der Waals surface area contributed by atoms with Crippen molar-refractivity contribution in [2.24, 2.45) is 21.0 Å². The van der Waals surface area contributed by atoms with E-state index in [4.69, 9.17) is 5.73 Å². The van der Waals surface area contributed by atoms with Gasteiger partial charge in [0.05, 0.1) is 6.21 Å². The van der Waals surface area contributed by atoms with Gasteiger partial charge in [0.15, 0.2) is 0 Å². The summed E-state index contributed by atoms with van der Waals surface area (Å²) < 4.78 is 0. The molecule has 0 heterocycles. The highest BCUT2D eigenvalue weighted by Gasteiger charge is 1.89. The standard InChI is InChI=1S/C11H13N5/c1-3-9-5-4-6-10(7-9)8-14-16-11(12)15-13-2/h3-8H,1-2H2,(H3,12,15,16). The molecule has 0 amide bonds. The average Bonchev–Trinajstić information content (AvgIpc) is 2.30. The van der Waals surface area contributed by atoms with Gasteiger partial charge in [-0.05, 0) is 17.2 Å². The molecule has 82 valence electrons. The molecule has 5 heteroatoms. The van der Waals surface area contributed by atoms with Gasteiger partial charge in [-0.15, -0.1) is 5.10 Å². The molecule has 0 unspecified atom stereocenters. The van der Waals surface area contributed by atoms with E-state index in [1.54, 1.807) is 12.3 Å². The first-order valence-electron chi connectivity index (χ1n) is 4.57. The molecular formula is C11H13N5. The summed E-state index contributed by atoms with van der Waals surface area (Å²) in [6, 6.07) is 7.70. The first-order valence-corrected chi connectivity index (χ1v) is 4.57. The highest BCUT2D eigenvalue weighted by Crippen LogP contribution is 2.04. The molecule has 16 heavy (non-hydrogen) atoms. The minimum atomic E-state index is 0.0890. The van der Waals surface area contributed by atoms with Crippen LogP contribution in [0.1, 0.15) is 11.1 Å². The van der Waals surface area contributed by atoms with Crippen molar-refractivity contribution in [3.05, 3.63) is 42.0 Å². The fourth-order valence-electron chi connectivity index (χ4n) is 1.03. The predicted molar refractivity (Wildman–Crippen MR) is 68.4 cm³/mol. The molecule has 0 aliphatic carbocycles. The number of benzene rings is 1. The molecule has 0 aromatic heterocycles. The van der Waals surface area contributed by atoms with Crippen molar-refractivity contribution in [3.63, 3.8) is 0 Å². The number of nitrogens with one attached hydrogen (secondary N) is 1. The van der Waals surface area contributed by atoms with Crippen LogP contribution in [0.2, 0.25) is 0 Å². The fraction of sp³-hybridized carbons (Fsp3) is 0. The van der Waals surface area contributed by atoms with E-state index in [0.29, 0.717) is 0 Å². The van der Waals surface area contributed by atoms with E-state index in [-0.39, 0.29) is 5.96 Å². The molecule has 1 aromatic rings. The number of guanidine groups is 1. The van der Waals surface area contributed by atoms with Crippen LogP contribution < -0.4 is 11.2 Å². The van der Waals surface area contributed by atoms with Gasteiger partial charge in [-0.25, -0.2) is 5.43 Å². The molecule has 0 aliphatic heterocycles. The summed E-state index contributed by atoms with van der Waals surface area (Å²) in [6.07, 6.45) is 3.35. The predicted octanol–water partition coefficient (Wildman–Crippen LogP) is 1.18. The Morgan fingerprint density at radius 3 is 2.81 bits per heavy atom. The number of rotatable bonds is 4. The van der Waals surface area contributed by atoms with Crippen LogP contribution in [-0.4, -0.2) is 18.9 Å². The van der Waals surface area contributed by atoms with E-state index in [0.717, 1.165) is 11.1 Å². The Hall–Kier alpha value is -2.43. The molecule has 1 rings (SSSR count). The van der Waals surface area contributed by atoms with Crippen LogP contribution in [-0.2, 0) is 0 Å². The molecule has 3 N–H and O–H groups in total. The molecule has 0 aliphatic rings. The van der Waals surface area contributed by atoms with E-state index in [9.17, 15) is 0 Å². The van der Waals surface area contributed by atoms with Crippen LogP contribution in [0.3, 0.4) is 0 Å². The minimum absolute atomic E-state index is 0.0890. The van der Waals surface area contributed by atoms with E-state index < -0.39 is 0 Å². The zero-order chi connectivity index (χ0) is 11.8. The van der Waals surface area contributed by atoms with Crippen molar-refractivity contribution >= 4 is 25.0 Å². The second-order valence-corrected chi connectivity index (χ2v) is 2.87. The maximum atomic E-state index is 5.38. The van der Waals surface area contributed by atoms with Crippen molar-refractivity contribution in [2.45, 2.75) is 0 Å². The fourth-order valence-corrected chi connectivity index (χ4v) is 1.03. The van der Waals surface area contributed by atoms with Gasteiger partial charge in [0.2, 0.25) is 5.96 Å². The molecule has 0 spiro atoms. The summed E-state index contributed by atoms with van der Waals surface area (Å²) in [4.78, 5) is 0. The van der Waals surface area contributed by atoms with Crippen molar-refractivity contribution < 1.29 is 0 Å². The second-order valence-electron chi connectivity index (χ2n) is 2.87. The number of hydrogen-bond acceptors (Lipinski definition) is 3. The third-order valence-corrected chi connectivity index (χ3v) is 1.71. The largest absolute Gasteiger partial charge is 0.367 e. The highest BCUT2D eigenvalue weighted by molar-refractivity contribution is 5.82. The monoisotopic (exact) mass is 215 g/mol. The van der Waals surface area contributed by atoms with Gasteiger partial charge < -0.3 is 5.73 Å². The summed E-state index contributed by atoms with van der Waals surface area (Å²) in [5.74, 6) is 0.0890. The van der Waals surface area contributed by atoms with E-state index >= 15 is 0 Å². The van der Waals surface area contributed by atoms with Gasteiger partial charge in [-0.2, -0.15) is 10.2 Å². The third kappa shape index (κ3) is 3.75. The van der Waals surface area contributed by atoms with Gasteiger partial charge >= 0.3 is 0 Å². The quantitative estimate of drug-likeness (QED) is 0.449. The number of nitrogens with two attached hydrogens (primary N) is 1. The maximum absolute atomic E-state index is 5.38. The van der Waals surface area contributed by atoms with Crippen molar-refractivity contribution in [2.75, 3.05) is 0 Å². The van der Waals surface area contributed by atoms with Gasteiger partial charge in [0, 0.05) is 6.72 Å². The molecule has 0 saturated heterocycles. The second kappa shape index (κ2) is 6.13. The van der Waals surface area contributed by atoms with E-state index in [2.05, 4.69) is 34.0 Å². The Morgan fingerprint density at radius 1 is 1.38 bits per heavy atom. The van der Waals surface area contributed by atoms with Gasteiger partial charge in [0.1, 0.15) is 0 Å². The lowest BCUT2D eigenvalue weighted by molar-refractivity contribution is 0.999. The Kier molecular flexibility index (Phi) is 4.46. The molecule has 1 aromatic carbocycles. The van der Waals surface area contributed by atoms with Crippen molar-refractivity contribution in [1.82, 2.24) is 5.43 Å². The summed E-state index contributed by atoms with van der Waals surface area (Å²) in [6.45, 7) is 6.89. The topological polar surface area (TPSA) is 75.1 Å². The summed E-state index contributed by atoms with van der Waals surface area (Å²) in [5, 5.41) is 10.8. The van der Waals surface area contributed by atoms with E-state index in [1.807, 2.05) is 24.3 Å². The highest BCUT2D eigenvalue weighted by atomic mass is 15.4. The molecule has 0 radical (unpaired) electrons. The van der Waals surface area contributed by atoms with Gasteiger partial charge in [-0.3, -0.25) is 0 Å². The van der Waals surface area contributed by atoms with Crippen LogP contribution in [0.25, 0.3) is 6.08 Å². The molecule has 0 atom stereocenters. The lowest BCUT2D eigenvalue weighted by atomic mass is 10.1. The van der Waals surface area contributed by atoms with E-state index in [1.165, 1.54) is 0 Å². The average molecular weight is 215 g/mol. The lowest BCUT2D eigenvalue weighted by Gasteiger charge is -1.95. The molecule has 5 nitrogen and oxygen atoms in total. The first kappa shape index (κ1) is 11.6. The SMILES string of the molecule is C=Cc1cccc(C=NN=C(N)NN=C)c1. The van der Waals surface area contributed by atoms with Crippen molar-refractivity contribution in [1.29, 1.82) is 0 Å². The lowest BCUT2D eigenvalue weighted by Crippen LogP contribution is -2.26. The number of hydrazone groups is 1. The van der Waals surface area contributed by atoms with Crippen LogP contribution in [0.5, 0.6) is 0 Å². The first-order chi connectivity index (χ1) is 7.76. The molecule has 0 fully saturated rings. The molecule has 0 saturated carbocycles. The van der Waals surface area contributed by atoms with Crippen LogP contribution >= 0.6 is 0 Å². The van der Waals surface area contributed by atoms with Crippen LogP contribution in [0.15, 0.2) is 46.1 Å². The normalized spacial score (nSPS) is 11.4. The molecule has 0 bridgehead atoms. The van der Waals surface area contributed by atoms with Crippen LogP contribution in [0, 0.1) is 0 Å². The smallest absolute Gasteiger partial charge is 0.234 e. The Morgan fingerprint density at radius 2 is 2.12 bits per heavy atom. The third-order valence-electron chi connectivity index (χ3n) is 1.71. The summed E-state index contributed by atoms with van der Waals surface area (Å²) >= 11 is 0. The minimum Gasteiger partial charge on any atom is -0.367 e. The Balaban J connectivity index is 2.72.